The fourth-order valence-electron chi connectivity index (χ4n) is 0.656. The van der Waals surface area contributed by atoms with Crippen LogP contribution in [0.5, 0.6) is 0 Å². The molecule has 0 saturated carbocycles. The van der Waals surface area contributed by atoms with E-state index in [4.69, 9.17) is 5.73 Å². The van der Waals surface area contributed by atoms with Gasteiger partial charge in [-0.3, -0.25) is 0 Å². The zero-order valence-corrected chi connectivity index (χ0v) is 12.4. The molecule has 1 rings (SSSR count). The summed E-state index contributed by atoms with van der Waals surface area (Å²) in [5, 5.41) is 3.19. The topological polar surface area (TPSA) is 38.9 Å². The van der Waals surface area contributed by atoms with Gasteiger partial charge in [-0.1, -0.05) is 0 Å². The van der Waals surface area contributed by atoms with Crippen LogP contribution in [0.3, 0.4) is 0 Å². The lowest BCUT2D eigenvalue weighted by Gasteiger charge is -2.01. The minimum absolute atomic E-state index is 0. The van der Waals surface area contributed by atoms with Gasteiger partial charge < -0.3 is 5.73 Å². The standard InChI is InChI=1S/C7H12N2S2.2BrH/c1-6(8)4-10-5-7-9-2-3-11-7;;/h2-3,6H,4-5,8H2,1H3;2*1H. The van der Waals surface area contributed by atoms with Gasteiger partial charge in [0.1, 0.15) is 5.01 Å². The van der Waals surface area contributed by atoms with Gasteiger partial charge in [0, 0.05) is 29.1 Å². The van der Waals surface area contributed by atoms with Gasteiger partial charge in [0.25, 0.3) is 0 Å². The predicted molar refractivity (Wildman–Crippen MR) is 72.6 cm³/mol. The quantitative estimate of drug-likeness (QED) is 0.908. The third-order valence-electron chi connectivity index (χ3n) is 1.09. The molecule has 0 aliphatic carbocycles. The van der Waals surface area contributed by atoms with E-state index in [1.54, 1.807) is 11.3 Å². The SMILES string of the molecule is Br.Br.CC(N)CSCc1nccs1. The number of nitrogens with two attached hydrogens (primary N) is 1. The zero-order valence-electron chi connectivity index (χ0n) is 7.30. The summed E-state index contributed by atoms with van der Waals surface area (Å²) in [6.45, 7) is 2.02. The fourth-order valence-corrected chi connectivity index (χ4v) is 2.32. The molecule has 0 radical (unpaired) electrons. The Labute approximate surface area is 108 Å². The van der Waals surface area contributed by atoms with Crippen LogP contribution < -0.4 is 5.73 Å². The molecule has 13 heavy (non-hydrogen) atoms. The molecular weight excluding hydrogens is 336 g/mol. The van der Waals surface area contributed by atoms with Crippen LogP contribution in [0.4, 0.5) is 0 Å². The summed E-state index contributed by atoms with van der Waals surface area (Å²) in [6.07, 6.45) is 1.84. The minimum Gasteiger partial charge on any atom is -0.327 e. The van der Waals surface area contributed by atoms with Gasteiger partial charge in [-0.2, -0.15) is 11.8 Å². The molecule has 1 aromatic heterocycles. The normalized spacial score (nSPS) is 11.2. The highest BCUT2D eigenvalue weighted by atomic mass is 79.9. The Hall–Kier alpha value is 0.900. The maximum atomic E-state index is 5.59. The van der Waals surface area contributed by atoms with Crippen molar-refractivity contribution in [3.63, 3.8) is 0 Å². The van der Waals surface area contributed by atoms with E-state index >= 15 is 0 Å². The summed E-state index contributed by atoms with van der Waals surface area (Å²) in [4.78, 5) is 4.17. The Balaban J connectivity index is 0. The number of nitrogens with zero attached hydrogens (tertiary/aromatic N) is 1. The van der Waals surface area contributed by atoms with Crippen LogP contribution in [0, 0.1) is 0 Å². The van der Waals surface area contributed by atoms with E-state index in [2.05, 4.69) is 4.98 Å². The van der Waals surface area contributed by atoms with Crippen molar-refractivity contribution in [2.24, 2.45) is 5.73 Å². The second-order valence-electron chi connectivity index (χ2n) is 2.42. The summed E-state index contributed by atoms with van der Waals surface area (Å²) in [5.41, 5.74) is 5.59. The number of thiazole rings is 1. The van der Waals surface area contributed by atoms with Crippen molar-refractivity contribution in [3.8, 4) is 0 Å². The number of aromatic nitrogens is 1. The maximum absolute atomic E-state index is 5.59. The molecule has 0 fully saturated rings. The monoisotopic (exact) mass is 348 g/mol. The second-order valence-corrected chi connectivity index (χ2v) is 4.43. The lowest BCUT2D eigenvalue weighted by molar-refractivity contribution is 0.847. The van der Waals surface area contributed by atoms with Crippen LogP contribution >= 0.6 is 57.1 Å². The Morgan fingerprint density at radius 3 is 2.77 bits per heavy atom. The molecule has 1 atom stereocenters. The fraction of sp³-hybridized carbons (Fsp3) is 0.571. The van der Waals surface area contributed by atoms with Crippen molar-refractivity contribution < 1.29 is 0 Å². The highest BCUT2D eigenvalue weighted by molar-refractivity contribution is 8.93. The van der Waals surface area contributed by atoms with Crippen LogP contribution in [0.25, 0.3) is 0 Å². The van der Waals surface area contributed by atoms with Crippen LogP contribution in [0.1, 0.15) is 11.9 Å². The third kappa shape index (κ3) is 7.93. The minimum atomic E-state index is 0. The molecule has 1 unspecified atom stereocenters. The average molecular weight is 350 g/mol. The Bertz CT molecular complexity index is 192. The number of rotatable bonds is 4. The van der Waals surface area contributed by atoms with Crippen molar-refractivity contribution in [1.29, 1.82) is 0 Å². The zero-order chi connectivity index (χ0) is 8.10. The molecule has 0 aliphatic heterocycles. The first-order valence-electron chi connectivity index (χ1n) is 3.50. The second kappa shape index (κ2) is 9.45. The highest BCUT2D eigenvalue weighted by Gasteiger charge is 1.97. The Kier molecular flexibility index (Phi) is 11.9. The number of halogens is 2. The molecule has 1 heterocycles. The molecule has 6 heteroatoms. The molecule has 78 valence electrons. The number of hydrogen-bond donors (Lipinski definition) is 1. The molecular formula is C7H14Br2N2S2. The van der Waals surface area contributed by atoms with Gasteiger partial charge in [0.15, 0.2) is 0 Å². The first-order chi connectivity index (χ1) is 5.29. The molecule has 0 aromatic carbocycles. The first-order valence-corrected chi connectivity index (χ1v) is 5.54. The van der Waals surface area contributed by atoms with Crippen LogP contribution in [0.2, 0.25) is 0 Å². The smallest absolute Gasteiger partial charge is 0.102 e. The predicted octanol–water partition coefficient (Wildman–Crippen LogP) is 2.88. The van der Waals surface area contributed by atoms with Crippen molar-refractivity contribution in [1.82, 2.24) is 4.98 Å². The van der Waals surface area contributed by atoms with Crippen molar-refractivity contribution in [2.45, 2.75) is 18.7 Å². The van der Waals surface area contributed by atoms with Crippen molar-refractivity contribution in [2.75, 3.05) is 5.75 Å². The average Bonchev–Trinajstić information content (AvgIpc) is 2.39. The summed E-state index contributed by atoms with van der Waals surface area (Å²) in [7, 11) is 0. The summed E-state index contributed by atoms with van der Waals surface area (Å²) in [6, 6.07) is 0.292. The van der Waals surface area contributed by atoms with E-state index in [1.165, 1.54) is 5.01 Å². The van der Waals surface area contributed by atoms with E-state index in [1.807, 2.05) is 30.3 Å². The summed E-state index contributed by atoms with van der Waals surface area (Å²) >= 11 is 3.54. The van der Waals surface area contributed by atoms with Gasteiger partial charge in [-0.05, 0) is 6.92 Å². The molecule has 0 amide bonds. The van der Waals surface area contributed by atoms with Gasteiger partial charge in [-0.25, -0.2) is 4.98 Å². The lowest BCUT2D eigenvalue weighted by atomic mass is 10.4. The highest BCUT2D eigenvalue weighted by Crippen LogP contribution is 2.14. The van der Waals surface area contributed by atoms with Crippen LogP contribution in [-0.2, 0) is 5.75 Å². The van der Waals surface area contributed by atoms with Gasteiger partial charge >= 0.3 is 0 Å². The molecule has 2 nitrogen and oxygen atoms in total. The summed E-state index contributed by atoms with van der Waals surface area (Å²) in [5.74, 6) is 2.01. The van der Waals surface area contributed by atoms with E-state index in [-0.39, 0.29) is 34.0 Å². The van der Waals surface area contributed by atoms with Crippen LogP contribution in [0.15, 0.2) is 11.6 Å². The van der Waals surface area contributed by atoms with E-state index in [9.17, 15) is 0 Å². The Morgan fingerprint density at radius 1 is 1.62 bits per heavy atom. The molecule has 0 bridgehead atoms. The first kappa shape index (κ1) is 16.3. The van der Waals surface area contributed by atoms with E-state index < -0.39 is 0 Å². The molecule has 0 aliphatic rings. The van der Waals surface area contributed by atoms with Gasteiger partial charge in [0.05, 0.1) is 0 Å². The van der Waals surface area contributed by atoms with E-state index in [0.717, 1.165) is 11.5 Å². The third-order valence-corrected chi connectivity index (χ3v) is 3.29. The van der Waals surface area contributed by atoms with Crippen LogP contribution in [-0.4, -0.2) is 16.8 Å². The molecule has 0 saturated heterocycles. The molecule has 2 N–H and O–H groups in total. The molecule has 1 aromatic rings. The van der Waals surface area contributed by atoms with E-state index in [0.29, 0.717) is 6.04 Å². The number of hydrogen-bond acceptors (Lipinski definition) is 4. The summed E-state index contributed by atoms with van der Waals surface area (Å²) < 4.78 is 0. The lowest BCUT2D eigenvalue weighted by Crippen LogP contribution is -2.17. The van der Waals surface area contributed by atoms with Gasteiger partial charge in [-0.15, -0.1) is 45.3 Å². The molecule has 0 spiro atoms. The van der Waals surface area contributed by atoms with Gasteiger partial charge in [0.2, 0.25) is 0 Å². The Morgan fingerprint density at radius 2 is 2.31 bits per heavy atom. The van der Waals surface area contributed by atoms with Crippen molar-refractivity contribution in [3.05, 3.63) is 16.6 Å². The largest absolute Gasteiger partial charge is 0.327 e. The number of thioether (sulfide) groups is 1. The van der Waals surface area contributed by atoms with Crippen molar-refractivity contribution >= 4 is 57.1 Å². The maximum Gasteiger partial charge on any atom is 0.102 e.